The summed E-state index contributed by atoms with van der Waals surface area (Å²) in [6.07, 6.45) is 1.17. The number of amides is 1. The third-order valence-electron chi connectivity index (χ3n) is 3.04. The first kappa shape index (κ1) is 16.0. The Morgan fingerprint density at radius 2 is 1.84 bits per heavy atom. The van der Waals surface area contributed by atoms with Crippen molar-refractivity contribution in [3.63, 3.8) is 0 Å². The van der Waals surface area contributed by atoms with Crippen molar-refractivity contribution in [2.45, 2.75) is 45.7 Å². The molecule has 2 atom stereocenters. The highest BCUT2D eigenvalue weighted by Crippen LogP contribution is 2.23. The van der Waals surface area contributed by atoms with E-state index in [9.17, 15) is 4.79 Å². The van der Waals surface area contributed by atoms with Gasteiger partial charge in [0.05, 0.1) is 6.04 Å². The molecule has 0 aromatic heterocycles. The first-order chi connectivity index (χ1) is 8.90. The van der Waals surface area contributed by atoms with Crippen LogP contribution in [0.15, 0.2) is 24.3 Å². The Morgan fingerprint density at radius 1 is 1.26 bits per heavy atom. The van der Waals surface area contributed by atoms with Crippen LogP contribution >= 0.6 is 11.6 Å². The fourth-order valence-corrected chi connectivity index (χ4v) is 2.04. The van der Waals surface area contributed by atoms with Gasteiger partial charge in [-0.25, -0.2) is 0 Å². The van der Waals surface area contributed by atoms with Crippen molar-refractivity contribution in [3.05, 3.63) is 34.9 Å². The normalized spacial score (nSPS) is 14.2. The molecule has 4 heteroatoms. The minimum atomic E-state index is 0.0119. The average molecular weight is 283 g/mol. The lowest BCUT2D eigenvalue weighted by molar-refractivity contribution is -0.122. The smallest absolute Gasteiger partial charge is 0.220 e. The quantitative estimate of drug-likeness (QED) is 0.841. The zero-order valence-electron chi connectivity index (χ0n) is 11.8. The Labute approximate surface area is 120 Å². The molecule has 0 aliphatic carbocycles. The van der Waals surface area contributed by atoms with Gasteiger partial charge in [0, 0.05) is 17.5 Å². The van der Waals surface area contributed by atoms with Gasteiger partial charge in [-0.2, -0.15) is 0 Å². The molecule has 0 heterocycles. The number of hydrogen-bond donors (Lipinski definition) is 2. The molecular formula is C15H23ClN2O. The molecule has 0 saturated heterocycles. The summed E-state index contributed by atoms with van der Waals surface area (Å²) >= 11 is 5.88. The molecule has 0 aliphatic rings. The molecule has 0 aliphatic heterocycles. The zero-order chi connectivity index (χ0) is 14.4. The van der Waals surface area contributed by atoms with Gasteiger partial charge in [-0.05, 0) is 37.0 Å². The number of nitrogens with two attached hydrogens (primary N) is 1. The van der Waals surface area contributed by atoms with E-state index in [1.54, 1.807) is 0 Å². The van der Waals surface area contributed by atoms with E-state index in [-0.39, 0.29) is 18.0 Å². The van der Waals surface area contributed by atoms with Crippen LogP contribution in [0.4, 0.5) is 0 Å². The van der Waals surface area contributed by atoms with Gasteiger partial charge in [0.25, 0.3) is 0 Å². The molecule has 0 radical (unpaired) electrons. The number of rotatable bonds is 6. The number of benzene rings is 1. The summed E-state index contributed by atoms with van der Waals surface area (Å²) in [4.78, 5) is 11.9. The van der Waals surface area contributed by atoms with E-state index in [0.29, 0.717) is 23.8 Å². The topological polar surface area (TPSA) is 55.1 Å². The molecular weight excluding hydrogens is 260 g/mol. The maximum atomic E-state index is 11.9. The lowest BCUT2D eigenvalue weighted by atomic mass is 9.96. The number of carbonyl (C=O) groups is 1. The summed E-state index contributed by atoms with van der Waals surface area (Å²) in [7, 11) is 0. The molecule has 1 amide bonds. The maximum absolute atomic E-state index is 11.9. The number of hydrogen-bond acceptors (Lipinski definition) is 2. The van der Waals surface area contributed by atoms with E-state index in [0.717, 1.165) is 5.56 Å². The van der Waals surface area contributed by atoms with Crippen molar-refractivity contribution >= 4 is 17.5 Å². The lowest BCUT2D eigenvalue weighted by Crippen LogP contribution is -2.32. The van der Waals surface area contributed by atoms with Crippen LogP contribution in [0.3, 0.4) is 0 Å². The van der Waals surface area contributed by atoms with Crippen LogP contribution in [-0.4, -0.2) is 11.9 Å². The number of halogens is 1. The predicted octanol–water partition coefficient (Wildman–Crippen LogP) is 3.28. The van der Waals surface area contributed by atoms with Crippen molar-refractivity contribution < 1.29 is 4.79 Å². The van der Waals surface area contributed by atoms with E-state index in [2.05, 4.69) is 19.2 Å². The van der Waals surface area contributed by atoms with Gasteiger partial charge in [-0.3, -0.25) is 4.79 Å². The number of nitrogens with one attached hydrogen (secondary N) is 1. The van der Waals surface area contributed by atoms with E-state index in [1.807, 2.05) is 31.2 Å². The van der Waals surface area contributed by atoms with Crippen LogP contribution in [0.1, 0.15) is 45.2 Å². The lowest BCUT2D eigenvalue weighted by Gasteiger charge is -2.23. The third kappa shape index (κ3) is 5.62. The van der Waals surface area contributed by atoms with E-state index >= 15 is 0 Å². The highest BCUT2D eigenvalue weighted by molar-refractivity contribution is 6.30. The SMILES string of the molecule is CC(N)CCC(=O)NC(c1ccc(Cl)cc1)C(C)C. The Bertz CT molecular complexity index is 401. The Hall–Kier alpha value is -1.06. The zero-order valence-corrected chi connectivity index (χ0v) is 12.6. The largest absolute Gasteiger partial charge is 0.349 e. The molecule has 2 unspecified atom stereocenters. The first-order valence-electron chi connectivity index (χ1n) is 6.70. The molecule has 1 aromatic carbocycles. The van der Waals surface area contributed by atoms with Crippen LogP contribution in [-0.2, 0) is 4.79 Å². The summed E-state index contributed by atoms with van der Waals surface area (Å²) in [5, 5.41) is 3.77. The monoisotopic (exact) mass is 282 g/mol. The molecule has 1 rings (SSSR count). The minimum Gasteiger partial charge on any atom is -0.349 e. The maximum Gasteiger partial charge on any atom is 0.220 e. The Kier molecular flexibility index (Phi) is 6.32. The van der Waals surface area contributed by atoms with Crippen LogP contribution in [0.5, 0.6) is 0 Å². The van der Waals surface area contributed by atoms with E-state index in [1.165, 1.54) is 0 Å². The summed E-state index contributed by atoms with van der Waals surface area (Å²) in [5.41, 5.74) is 6.74. The van der Waals surface area contributed by atoms with Gasteiger partial charge in [-0.1, -0.05) is 37.6 Å². The van der Waals surface area contributed by atoms with E-state index < -0.39 is 0 Å². The van der Waals surface area contributed by atoms with Gasteiger partial charge in [0.2, 0.25) is 5.91 Å². The van der Waals surface area contributed by atoms with Gasteiger partial charge < -0.3 is 11.1 Å². The highest BCUT2D eigenvalue weighted by Gasteiger charge is 2.18. The highest BCUT2D eigenvalue weighted by atomic mass is 35.5. The fourth-order valence-electron chi connectivity index (χ4n) is 1.91. The van der Waals surface area contributed by atoms with Crippen LogP contribution in [0.25, 0.3) is 0 Å². The fraction of sp³-hybridized carbons (Fsp3) is 0.533. The standard InChI is InChI=1S/C15H23ClN2O/c1-10(2)15(12-5-7-13(16)8-6-12)18-14(19)9-4-11(3)17/h5-8,10-11,15H,4,9,17H2,1-3H3,(H,18,19). The molecule has 3 N–H and O–H groups in total. The molecule has 0 bridgehead atoms. The molecule has 106 valence electrons. The summed E-state index contributed by atoms with van der Waals surface area (Å²) in [6, 6.07) is 7.68. The summed E-state index contributed by atoms with van der Waals surface area (Å²) in [5.74, 6) is 0.367. The van der Waals surface area contributed by atoms with Gasteiger partial charge in [0.1, 0.15) is 0 Å². The van der Waals surface area contributed by atoms with Crippen LogP contribution < -0.4 is 11.1 Å². The second-order valence-corrected chi connectivity index (χ2v) is 5.79. The molecule has 0 spiro atoms. The van der Waals surface area contributed by atoms with Gasteiger partial charge in [0.15, 0.2) is 0 Å². The third-order valence-corrected chi connectivity index (χ3v) is 3.29. The molecule has 0 saturated carbocycles. The van der Waals surface area contributed by atoms with Gasteiger partial charge >= 0.3 is 0 Å². The summed E-state index contributed by atoms with van der Waals surface area (Å²) < 4.78 is 0. The Morgan fingerprint density at radius 3 is 2.32 bits per heavy atom. The minimum absolute atomic E-state index is 0.0119. The van der Waals surface area contributed by atoms with E-state index in [4.69, 9.17) is 17.3 Å². The molecule has 0 fully saturated rings. The average Bonchev–Trinajstić information content (AvgIpc) is 2.34. The van der Waals surface area contributed by atoms with Crippen molar-refractivity contribution in [1.29, 1.82) is 0 Å². The van der Waals surface area contributed by atoms with Crippen LogP contribution in [0, 0.1) is 5.92 Å². The van der Waals surface area contributed by atoms with Gasteiger partial charge in [-0.15, -0.1) is 0 Å². The second-order valence-electron chi connectivity index (χ2n) is 5.36. The summed E-state index contributed by atoms with van der Waals surface area (Å²) in [6.45, 7) is 6.09. The molecule has 1 aromatic rings. The van der Waals surface area contributed by atoms with Crippen molar-refractivity contribution in [1.82, 2.24) is 5.32 Å². The Balaban J connectivity index is 2.68. The molecule has 3 nitrogen and oxygen atoms in total. The number of carbonyl (C=O) groups excluding carboxylic acids is 1. The van der Waals surface area contributed by atoms with Crippen LogP contribution in [0.2, 0.25) is 5.02 Å². The predicted molar refractivity (Wildman–Crippen MR) is 80.1 cm³/mol. The second kappa shape index (κ2) is 7.51. The van der Waals surface area contributed by atoms with Crippen molar-refractivity contribution in [2.75, 3.05) is 0 Å². The molecule has 19 heavy (non-hydrogen) atoms. The first-order valence-corrected chi connectivity index (χ1v) is 7.08. The van der Waals surface area contributed by atoms with Crippen molar-refractivity contribution in [2.24, 2.45) is 11.7 Å². The van der Waals surface area contributed by atoms with Crippen molar-refractivity contribution in [3.8, 4) is 0 Å².